The lowest BCUT2D eigenvalue weighted by molar-refractivity contribution is -0.385. The van der Waals surface area contributed by atoms with E-state index in [0.29, 0.717) is 15.7 Å². The summed E-state index contributed by atoms with van der Waals surface area (Å²) in [5, 5.41) is 32.5. The first kappa shape index (κ1) is 18.3. The number of amides is 1. The number of rotatable bonds is 4. The summed E-state index contributed by atoms with van der Waals surface area (Å²) >= 11 is 11.7. The lowest BCUT2D eigenvalue weighted by Gasteiger charge is -2.06. The quantitative estimate of drug-likeness (QED) is 0.359. The average Bonchev–Trinajstić information content (AvgIpc) is 2.52. The summed E-state index contributed by atoms with van der Waals surface area (Å²) < 4.78 is 0. The molecule has 1 amide bonds. The van der Waals surface area contributed by atoms with Crippen molar-refractivity contribution in [3.8, 4) is 11.8 Å². The van der Waals surface area contributed by atoms with Crippen molar-refractivity contribution in [2.24, 2.45) is 0 Å². The van der Waals surface area contributed by atoms with E-state index in [2.05, 4.69) is 5.32 Å². The highest BCUT2D eigenvalue weighted by Crippen LogP contribution is 2.27. The Morgan fingerprint density at radius 2 is 1.88 bits per heavy atom. The molecule has 0 saturated carbocycles. The Labute approximate surface area is 151 Å². The zero-order chi connectivity index (χ0) is 18.6. The first-order valence-corrected chi connectivity index (χ1v) is 7.42. The number of nitro benzene ring substituents is 1. The largest absolute Gasteiger partial charge is 0.502 e. The summed E-state index contributed by atoms with van der Waals surface area (Å²) in [6.07, 6.45) is 1.16. The van der Waals surface area contributed by atoms with Gasteiger partial charge in [0.25, 0.3) is 5.91 Å². The number of aromatic hydroxyl groups is 1. The molecule has 0 heterocycles. The summed E-state index contributed by atoms with van der Waals surface area (Å²) in [5.41, 5.74) is -0.329. The molecule has 7 nitrogen and oxygen atoms in total. The molecule has 0 aliphatic rings. The third-order valence-corrected chi connectivity index (χ3v) is 3.43. The van der Waals surface area contributed by atoms with Gasteiger partial charge in [-0.05, 0) is 35.9 Å². The Kier molecular flexibility index (Phi) is 5.60. The number of carbonyl (C=O) groups excluding carboxylic acids is 1. The fourth-order valence-electron chi connectivity index (χ4n) is 1.92. The van der Waals surface area contributed by atoms with E-state index in [4.69, 9.17) is 28.5 Å². The van der Waals surface area contributed by atoms with Crippen molar-refractivity contribution in [1.29, 1.82) is 5.26 Å². The molecular formula is C16H9Cl2N3O4. The van der Waals surface area contributed by atoms with Crippen molar-refractivity contribution in [3.05, 3.63) is 67.7 Å². The van der Waals surface area contributed by atoms with Crippen LogP contribution in [0.4, 0.5) is 11.4 Å². The topological polar surface area (TPSA) is 116 Å². The number of hydrogen-bond acceptors (Lipinski definition) is 5. The minimum atomic E-state index is -0.771. The molecule has 0 spiro atoms. The van der Waals surface area contributed by atoms with Gasteiger partial charge in [-0.2, -0.15) is 5.26 Å². The second-order valence-electron chi connectivity index (χ2n) is 4.79. The van der Waals surface area contributed by atoms with Gasteiger partial charge in [0.1, 0.15) is 11.6 Å². The maximum atomic E-state index is 12.2. The number of halogens is 2. The number of anilines is 1. The third-order valence-electron chi connectivity index (χ3n) is 2.99. The molecule has 2 aromatic rings. The number of benzene rings is 2. The van der Waals surface area contributed by atoms with Crippen molar-refractivity contribution in [3.63, 3.8) is 0 Å². The van der Waals surface area contributed by atoms with Crippen molar-refractivity contribution in [2.45, 2.75) is 0 Å². The minimum Gasteiger partial charge on any atom is -0.502 e. The number of phenolic OH excluding ortho intramolecular Hbond substituents is 1. The van der Waals surface area contributed by atoms with Crippen molar-refractivity contribution >= 4 is 46.6 Å². The van der Waals surface area contributed by atoms with E-state index in [0.717, 1.165) is 18.2 Å². The zero-order valence-corrected chi connectivity index (χ0v) is 13.9. The van der Waals surface area contributed by atoms with Gasteiger partial charge in [-0.15, -0.1) is 0 Å². The normalized spacial score (nSPS) is 10.8. The molecule has 2 N–H and O–H groups in total. The molecule has 25 heavy (non-hydrogen) atoms. The van der Waals surface area contributed by atoms with Crippen LogP contribution in [0.3, 0.4) is 0 Å². The third kappa shape index (κ3) is 4.70. The molecule has 2 aromatic carbocycles. The van der Waals surface area contributed by atoms with E-state index >= 15 is 0 Å². The summed E-state index contributed by atoms with van der Waals surface area (Å²) in [7, 11) is 0. The Morgan fingerprint density at radius 1 is 1.24 bits per heavy atom. The van der Waals surface area contributed by atoms with Crippen molar-refractivity contribution in [1.82, 2.24) is 0 Å². The van der Waals surface area contributed by atoms with Gasteiger partial charge in [0, 0.05) is 21.8 Å². The van der Waals surface area contributed by atoms with Crippen LogP contribution in [-0.2, 0) is 4.79 Å². The van der Waals surface area contributed by atoms with E-state index in [1.54, 1.807) is 6.07 Å². The molecule has 9 heteroatoms. The molecule has 0 bridgehead atoms. The number of carbonyl (C=O) groups is 1. The van der Waals surface area contributed by atoms with Crippen LogP contribution in [0, 0.1) is 21.4 Å². The number of nitrogens with zero attached hydrogens (tertiary/aromatic N) is 2. The SMILES string of the molecule is N#C/C(=C\c1ccc(O)c([N+](=O)[O-])c1)C(=O)Nc1cc(Cl)cc(Cl)c1. The zero-order valence-electron chi connectivity index (χ0n) is 12.4. The van der Waals surface area contributed by atoms with Crippen LogP contribution in [0.5, 0.6) is 5.75 Å². The van der Waals surface area contributed by atoms with Crippen molar-refractivity contribution < 1.29 is 14.8 Å². The van der Waals surface area contributed by atoms with Gasteiger partial charge >= 0.3 is 5.69 Å². The maximum absolute atomic E-state index is 12.2. The molecule has 126 valence electrons. The predicted octanol–water partition coefficient (Wildman–Crippen LogP) is 4.15. The van der Waals surface area contributed by atoms with Crippen LogP contribution in [0.25, 0.3) is 6.08 Å². The molecule has 0 aromatic heterocycles. The highest BCUT2D eigenvalue weighted by atomic mass is 35.5. The van der Waals surface area contributed by atoms with Crippen LogP contribution in [0.15, 0.2) is 42.0 Å². The van der Waals surface area contributed by atoms with Gasteiger partial charge in [0.05, 0.1) is 4.92 Å². The van der Waals surface area contributed by atoms with Gasteiger partial charge in [-0.3, -0.25) is 14.9 Å². The molecule has 0 radical (unpaired) electrons. The van der Waals surface area contributed by atoms with Crippen molar-refractivity contribution in [2.75, 3.05) is 5.32 Å². The van der Waals surface area contributed by atoms with E-state index in [9.17, 15) is 20.0 Å². The first-order chi connectivity index (χ1) is 11.8. The predicted molar refractivity (Wildman–Crippen MR) is 93.4 cm³/mol. The van der Waals surface area contributed by atoms with Gasteiger partial charge in [0.2, 0.25) is 0 Å². The van der Waals surface area contributed by atoms with E-state index in [1.165, 1.54) is 24.3 Å². The van der Waals surface area contributed by atoms with Crippen LogP contribution < -0.4 is 5.32 Å². The fourth-order valence-corrected chi connectivity index (χ4v) is 2.44. The average molecular weight is 378 g/mol. The number of phenols is 1. The monoisotopic (exact) mass is 377 g/mol. The standard InChI is InChI=1S/C16H9Cl2N3O4/c17-11-5-12(18)7-13(6-11)20-16(23)10(8-19)3-9-1-2-15(22)14(4-9)21(24)25/h1-7,22H,(H,20,23)/b10-3+. The Hall–Kier alpha value is -3.08. The van der Waals surface area contributed by atoms with Crippen LogP contribution in [0.1, 0.15) is 5.56 Å². The molecule has 0 unspecified atom stereocenters. The first-order valence-electron chi connectivity index (χ1n) is 6.67. The molecular weight excluding hydrogens is 369 g/mol. The molecule has 0 saturated heterocycles. The Bertz CT molecular complexity index is 915. The van der Waals surface area contributed by atoms with Crippen LogP contribution >= 0.6 is 23.2 Å². The van der Waals surface area contributed by atoms with Gasteiger partial charge in [0.15, 0.2) is 5.75 Å². The number of hydrogen-bond donors (Lipinski definition) is 2. The highest BCUT2D eigenvalue weighted by Gasteiger charge is 2.15. The molecule has 2 rings (SSSR count). The highest BCUT2D eigenvalue weighted by molar-refractivity contribution is 6.35. The summed E-state index contributed by atoms with van der Waals surface area (Å²) in [6.45, 7) is 0. The molecule has 0 atom stereocenters. The Balaban J connectivity index is 2.31. The molecule has 0 aliphatic heterocycles. The second kappa shape index (κ2) is 7.66. The maximum Gasteiger partial charge on any atom is 0.311 e. The van der Waals surface area contributed by atoms with E-state index in [1.807, 2.05) is 0 Å². The van der Waals surface area contributed by atoms with Gasteiger partial charge < -0.3 is 10.4 Å². The summed E-state index contributed by atoms with van der Waals surface area (Å²) in [4.78, 5) is 22.2. The van der Waals surface area contributed by atoms with E-state index < -0.39 is 22.3 Å². The summed E-state index contributed by atoms with van der Waals surface area (Å²) in [6, 6.07) is 9.59. The second-order valence-corrected chi connectivity index (χ2v) is 5.66. The van der Waals surface area contributed by atoms with E-state index in [-0.39, 0.29) is 11.1 Å². The van der Waals surface area contributed by atoms with Crippen LogP contribution in [-0.4, -0.2) is 15.9 Å². The minimum absolute atomic E-state index is 0.209. The number of nitrogens with one attached hydrogen (secondary N) is 1. The number of nitriles is 1. The lowest BCUT2D eigenvalue weighted by atomic mass is 10.1. The van der Waals surface area contributed by atoms with Gasteiger partial charge in [-0.25, -0.2) is 0 Å². The number of nitro groups is 1. The molecule has 0 fully saturated rings. The summed E-state index contributed by atoms with van der Waals surface area (Å²) in [5.74, 6) is -1.25. The Morgan fingerprint density at radius 3 is 2.44 bits per heavy atom. The fraction of sp³-hybridized carbons (Fsp3) is 0. The van der Waals surface area contributed by atoms with Gasteiger partial charge in [-0.1, -0.05) is 29.3 Å². The van der Waals surface area contributed by atoms with Crippen LogP contribution in [0.2, 0.25) is 10.0 Å². The lowest BCUT2D eigenvalue weighted by Crippen LogP contribution is -2.13. The molecule has 0 aliphatic carbocycles. The smallest absolute Gasteiger partial charge is 0.311 e.